The topological polar surface area (TPSA) is 19.4 Å². The van der Waals surface area contributed by atoms with Crippen molar-refractivity contribution < 1.29 is 98.1 Å². The van der Waals surface area contributed by atoms with Crippen molar-refractivity contribution in [3.8, 4) is 0 Å². The summed E-state index contributed by atoms with van der Waals surface area (Å²) in [6.07, 6.45) is 45.9. The number of nitrogens with zero attached hydrogens (tertiary/aromatic N) is 6. The number of likely N-dealkylation sites (tertiary alicyclic amines) is 4. The van der Waals surface area contributed by atoms with Crippen LogP contribution in [0.2, 0.25) is 0 Å². The fourth-order valence-corrected chi connectivity index (χ4v) is 16.6. The molecule has 0 amide bonds. The summed E-state index contributed by atoms with van der Waals surface area (Å²) < 4.78 is 0. The zero-order valence-corrected chi connectivity index (χ0v) is 81.1. The molecule has 10 atom stereocenters. The van der Waals surface area contributed by atoms with E-state index in [0.717, 1.165) is 61.3 Å². The van der Waals surface area contributed by atoms with Gasteiger partial charge in [0, 0.05) is 156 Å². The summed E-state index contributed by atoms with van der Waals surface area (Å²) in [5.41, 5.74) is 2.02. The molecule has 0 aromatic rings. The Morgan fingerprint density at radius 3 is 1.06 bits per heavy atom. The molecule has 0 spiro atoms. The van der Waals surface area contributed by atoms with Gasteiger partial charge >= 0.3 is 0 Å². The molecule has 9 fully saturated rings. The van der Waals surface area contributed by atoms with Crippen molar-refractivity contribution >= 4 is 0 Å². The van der Waals surface area contributed by atoms with Gasteiger partial charge in [0.2, 0.25) is 0 Å². The van der Waals surface area contributed by atoms with Crippen LogP contribution in [0, 0.1) is 70.1 Å². The maximum absolute atomic E-state index is 4.14. The van der Waals surface area contributed by atoms with Gasteiger partial charge in [0.15, 0.2) is 0 Å². The van der Waals surface area contributed by atoms with Crippen molar-refractivity contribution in [1.29, 1.82) is 0 Å². The number of hydrogen-bond acceptors (Lipinski definition) is 6. The standard InChI is InChI=1S/2C14H27N.C13H25N.2C12H23N.C11H21N.6C2H6.3Y/c2*1-14(2,3)15-11-7-6-9-12-8-4-5-10-13(12)15;1-5-14(13(2,3)4)12-10-8-6-7-9-11-12;1-12(2,3)13-9-10-7-5-4-6-8-11(10)13;1-5-7-11-8-6-9-13(10-11)12(2,3)4;1-6-12(11(3,4)5)10-8-7-9(10)2;6*1-2;;;/h2*12-13H,4-11H2,1-3H3;10,12H,1,5-9,11H2,2-4H3;10-11H,4-9H2,1-3H3;8,11H,1,5-7,9-10H2,2-4H3;9-10H,1-2,6-8H2,3-5H3;6*1-2H3;;;/q;;-2;;2*-2;;;;;;;;;. The Morgan fingerprint density at radius 2 is 0.711 bits per heavy atom. The normalized spacial score (nSPS) is 26.8. The van der Waals surface area contributed by atoms with E-state index in [9.17, 15) is 0 Å². The molecule has 97 heavy (non-hydrogen) atoms. The van der Waals surface area contributed by atoms with Gasteiger partial charge in [0.25, 0.3) is 0 Å². The minimum atomic E-state index is 0. The molecule has 6 nitrogen and oxygen atoms in total. The largest absolute Gasteiger partial charge is 0.355 e. The summed E-state index contributed by atoms with van der Waals surface area (Å²) in [5, 5.41) is 0. The SMILES string of the molecule is CC.CC.CC.CC.CC.CC.CC(C)(C)N1CC2CCCCCC21.CC(C)(C)N1CCCCC2CCCCC21.CC(C)(C)N1CCCCC2CCCCC21.[CH2-]CCC1[CH-]CCN(C(C)(C)C)C1.[CH2-]CN(C1CCC1[CH2-])C(C)(C)C.[CH2-]CN(C1[CH-]CCCCC1)C(C)(C)C.[Y].[Y].[Y]. The van der Waals surface area contributed by atoms with Crippen LogP contribution in [0.1, 0.15) is 394 Å². The zero-order valence-electron chi connectivity index (χ0n) is 72.6. The molecule has 9 aliphatic rings. The second-order valence-corrected chi connectivity index (χ2v) is 33.9. The van der Waals surface area contributed by atoms with Crippen LogP contribution in [0.15, 0.2) is 0 Å². The second-order valence-electron chi connectivity index (χ2n) is 33.9. The predicted molar refractivity (Wildman–Crippen MR) is 432 cm³/mol. The van der Waals surface area contributed by atoms with Gasteiger partial charge in [-0.2, -0.15) is 31.1 Å². The van der Waals surface area contributed by atoms with E-state index in [2.05, 4.69) is 195 Å². The third-order valence-corrected chi connectivity index (χ3v) is 21.4. The molecule has 4 aliphatic heterocycles. The van der Waals surface area contributed by atoms with Crippen LogP contribution in [0.3, 0.4) is 0 Å². The van der Waals surface area contributed by atoms with Crippen LogP contribution in [0.5, 0.6) is 0 Å². The minimum absolute atomic E-state index is 0. The van der Waals surface area contributed by atoms with E-state index < -0.39 is 0 Å². The van der Waals surface area contributed by atoms with Gasteiger partial charge in [0.05, 0.1) is 0 Å². The van der Waals surface area contributed by atoms with Crippen LogP contribution in [-0.2, 0) is 98.1 Å². The fraction of sp³-hybridized carbons (Fsp3) is 0.932. The first-order valence-electron chi connectivity index (χ1n) is 41.8. The van der Waals surface area contributed by atoms with Gasteiger partial charge in [0.1, 0.15) is 0 Å². The summed E-state index contributed by atoms with van der Waals surface area (Å²) in [4.78, 5) is 15.9. The summed E-state index contributed by atoms with van der Waals surface area (Å²) in [6, 6.07) is 4.09. The van der Waals surface area contributed by atoms with E-state index >= 15 is 0 Å². The maximum atomic E-state index is 4.14. The molecule has 9 rings (SSSR count). The van der Waals surface area contributed by atoms with Crippen LogP contribution < -0.4 is 0 Å². The monoisotopic (exact) mass is 1590 g/mol. The molecule has 5 saturated carbocycles. The molecule has 0 bridgehead atoms. The third-order valence-electron chi connectivity index (χ3n) is 21.4. The maximum Gasteiger partial charge on any atom is 0.0141 e. The first kappa shape index (κ1) is 111. The van der Waals surface area contributed by atoms with Crippen molar-refractivity contribution in [2.45, 2.75) is 457 Å². The average molecular weight is 1590 g/mol. The van der Waals surface area contributed by atoms with Crippen molar-refractivity contribution in [3.63, 3.8) is 0 Å². The van der Waals surface area contributed by atoms with Gasteiger partial charge in [-0.3, -0.25) is 14.7 Å². The van der Waals surface area contributed by atoms with Crippen LogP contribution in [0.25, 0.3) is 0 Å². The van der Waals surface area contributed by atoms with Crippen LogP contribution >= 0.6 is 0 Å². The van der Waals surface area contributed by atoms with Gasteiger partial charge in [-0.15, -0.1) is 25.6 Å². The first-order valence-corrected chi connectivity index (χ1v) is 41.8. The minimum Gasteiger partial charge on any atom is -0.355 e. The Hall–Kier alpha value is 3.07. The summed E-state index contributed by atoms with van der Waals surface area (Å²) in [5.74, 6) is 4.49. The number of hydrogen-bond donors (Lipinski definition) is 0. The third kappa shape index (κ3) is 43.8. The molecule has 0 aromatic carbocycles. The van der Waals surface area contributed by atoms with Gasteiger partial charge in [-0.05, 0) is 245 Å². The van der Waals surface area contributed by atoms with E-state index in [4.69, 9.17) is 0 Å². The Morgan fingerprint density at radius 1 is 0.351 bits per heavy atom. The molecule has 10 unspecified atom stereocenters. The Labute approximate surface area is 693 Å². The Bertz CT molecular complexity index is 1630. The molecule has 4 heterocycles. The van der Waals surface area contributed by atoms with Gasteiger partial charge < -0.3 is 55.2 Å². The molecule has 0 N–H and O–H groups in total. The second kappa shape index (κ2) is 60.9. The van der Waals surface area contributed by atoms with E-state index in [1.54, 1.807) is 0 Å². The first-order chi connectivity index (χ1) is 44.3. The van der Waals surface area contributed by atoms with Crippen LogP contribution in [0.4, 0.5) is 0 Å². The quantitative estimate of drug-likeness (QED) is 0.194. The molecular weight excluding hydrogens is 1410 g/mol. The number of rotatable bonds is 6. The van der Waals surface area contributed by atoms with Gasteiger partial charge in [-0.25, -0.2) is 0 Å². The number of fused-ring (bicyclic) bond motifs is 3. The smallest absolute Gasteiger partial charge is 0.0141 e. The Kier molecular flexibility index (Phi) is 69.7. The molecule has 3 radical (unpaired) electrons. The average Bonchev–Trinajstić information content (AvgIpc) is 1.71. The molecule has 5 aliphatic carbocycles. The van der Waals surface area contributed by atoms with Crippen molar-refractivity contribution in [1.82, 2.24) is 29.4 Å². The van der Waals surface area contributed by atoms with Gasteiger partial charge in [-0.1, -0.05) is 173 Å². The molecule has 579 valence electrons. The zero-order chi connectivity index (χ0) is 73.1. The van der Waals surface area contributed by atoms with E-state index in [0.29, 0.717) is 40.2 Å². The molecule has 9 heteroatoms. The van der Waals surface area contributed by atoms with Crippen molar-refractivity contribution in [3.05, 3.63) is 40.5 Å². The van der Waals surface area contributed by atoms with E-state index in [1.165, 1.54) is 213 Å². The molecule has 0 aromatic heterocycles. The fourth-order valence-electron chi connectivity index (χ4n) is 16.6. The van der Waals surface area contributed by atoms with E-state index in [-0.39, 0.29) is 109 Å². The summed E-state index contributed by atoms with van der Waals surface area (Å²) >= 11 is 0. The Balaban J connectivity index is -0.000000247. The summed E-state index contributed by atoms with van der Waals surface area (Å²) in [7, 11) is 0. The van der Waals surface area contributed by atoms with E-state index in [1.807, 2.05) is 83.1 Å². The summed E-state index contributed by atoms with van der Waals surface area (Å²) in [6.45, 7) is 90.4. The predicted octanol–water partition coefficient (Wildman–Crippen LogP) is 25.8. The molecule has 4 saturated heterocycles. The van der Waals surface area contributed by atoms with Crippen LogP contribution in [-0.4, -0.2) is 139 Å². The van der Waals surface area contributed by atoms with Crippen molar-refractivity contribution in [2.75, 3.05) is 45.8 Å². The molecular formula is C88H182N6Y3-6. The number of piperidine rings is 1. The van der Waals surface area contributed by atoms with Crippen molar-refractivity contribution in [2.24, 2.45) is 29.6 Å².